The van der Waals surface area contributed by atoms with Crippen LogP contribution in [0, 0.1) is 21.7 Å². The number of hydrogen-bond acceptors (Lipinski definition) is 7. The van der Waals surface area contributed by atoms with Crippen LogP contribution in [0.2, 0.25) is 0 Å². The maximum atomic E-state index is 14.7. The first-order valence-electron chi connectivity index (χ1n) is 10.1. The Labute approximate surface area is 201 Å². The molecule has 3 aromatic carbocycles. The number of anilines is 1. The SMILES string of the molecule is COc1cc([N+](=O)[O-])ccc1NC(=O)CSc1nnc(-c2ccccc2)n1-c1ccc(F)cc1F. The van der Waals surface area contributed by atoms with Gasteiger partial charge in [-0.2, -0.15) is 0 Å². The lowest BCUT2D eigenvalue weighted by Gasteiger charge is -2.12. The van der Waals surface area contributed by atoms with Gasteiger partial charge in [0.25, 0.3) is 5.69 Å². The van der Waals surface area contributed by atoms with E-state index in [1.165, 1.54) is 35.9 Å². The number of rotatable bonds is 8. The zero-order valence-electron chi connectivity index (χ0n) is 18.1. The number of halogens is 2. The van der Waals surface area contributed by atoms with Crippen molar-refractivity contribution in [3.05, 3.63) is 88.5 Å². The van der Waals surface area contributed by atoms with Crippen LogP contribution in [0.5, 0.6) is 5.75 Å². The highest BCUT2D eigenvalue weighted by atomic mass is 32.2. The molecule has 0 fully saturated rings. The fourth-order valence-electron chi connectivity index (χ4n) is 3.23. The Morgan fingerprint density at radius 2 is 1.89 bits per heavy atom. The highest BCUT2D eigenvalue weighted by Crippen LogP contribution is 2.31. The van der Waals surface area contributed by atoms with E-state index in [1.807, 2.05) is 6.07 Å². The monoisotopic (exact) mass is 497 g/mol. The smallest absolute Gasteiger partial charge is 0.273 e. The third-order valence-corrected chi connectivity index (χ3v) is 5.75. The van der Waals surface area contributed by atoms with Gasteiger partial charge in [-0.3, -0.25) is 19.5 Å². The summed E-state index contributed by atoms with van der Waals surface area (Å²) < 4.78 is 34.7. The van der Waals surface area contributed by atoms with Gasteiger partial charge in [0.05, 0.1) is 35.2 Å². The number of carbonyl (C=O) groups is 1. The van der Waals surface area contributed by atoms with Crippen molar-refractivity contribution in [2.24, 2.45) is 0 Å². The number of thioether (sulfide) groups is 1. The molecule has 4 aromatic rings. The summed E-state index contributed by atoms with van der Waals surface area (Å²) in [7, 11) is 1.33. The molecule has 178 valence electrons. The number of amides is 1. The number of non-ortho nitro benzene ring substituents is 1. The molecule has 1 N–H and O–H groups in total. The van der Waals surface area contributed by atoms with Crippen molar-refractivity contribution in [3.63, 3.8) is 0 Å². The van der Waals surface area contributed by atoms with E-state index in [-0.39, 0.29) is 33.7 Å². The standard InChI is InChI=1S/C23H17F2N5O4S/c1-34-20-12-16(30(32)33)8-9-18(20)26-21(31)13-35-23-28-27-22(14-5-3-2-4-6-14)29(23)19-10-7-15(24)11-17(19)25/h2-12H,13H2,1H3,(H,26,31). The predicted octanol–water partition coefficient (Wildman–Crippen LogP) is 4.86. The highest BCUT2D eigenvalue weighted by molar-refractivity contribution is 7.99. The van der Waals surface area contributed by atoms with Gasteiger partial charge in [0.15, 0.2) is 11.0 Å². The summed E-state index contributed by atoms with van der Waals surface area (Å²) in [5.74, 6) is -1.71. The van der Waals surface area contributed by atoms with Crippen LogP contribution in [0.3, 0.4) is 0 Å². The first-order valence-corrected chi connectivity index (χ1v) is 11.1. The van der Waals surface area contributed by atoms with E-state index in [0.717, 1.165) is 23.9 Å². The number of aromatic nitrogens is 3. The quantitative estimate of drug-likeness (QED) is 0.210. The Morgan fingerprint density at radius 1 is 1.11 bits per heavy atom. The van der Waals surface area contributed by atoms with Gasteiger partial charge in [0.2, 0.25) is 5.91 Å². The molecule has 1 amide bonds. The third-order valence-electron chi connectivity index (χ3n) is 4.82. The lowest BCUT2D eigenvalue weighted by molar-refractivity contribution is -0.384. The average Bonchev–Trinajstić information content (AvgIpc) is 3.27. The van der Waals surface area contributed by atoms with Crippen molar-refractivity contribution >= 4 is 29.0 Å². The second kappa shape index (κ2) is 10.3. The van der Waals surface area contributed by atoms with E-state index >= 15 is 0 Å². The zero-order chi connectivity index (χ0) is 24.9. The summed E-state index contributed by atoms with van der Waals surface area (Å²) in [6.07, 6.45) is 0. The molecular formula is C23H17F2N5O4S. The molecule has 0 saturated carbocycles. The predicted molar refractivity (Wildman–Crippen MR) is 126 cm³/mol. The van der Waals surface area contributed by atoms with Crippen molar-refractivity contribution in [3.8, 4) is 22.8 Å². The van der Waals surface area contributed by atoms with Gasteiger partial charge in [-0.15, -0.1) is 10.2 Å². The maximum Gasteiger partial charge on any atom is 0.273 e. The Balaban J connectivity index is 1.60. The molecule has 4 rings (SSSR count). The van der Waals surface area contributed by atoms with Crippen molar-refractivity contribution in [1.82, 2.24) is 14.8 Å². The number of nitrogens with one attached hydrogen (secondary N) is 1. The molecule has 9 nitrogen and oxygen atoms in total. The van der Waals surface area contributed by atoms with Crippen molar-refractivity contribution < 1.29 is 23.2 Å². The molecule has 0 bridgehead atoms. The number of carbonyl (C=O) groups excluding carboxylic acids is 1. The topological polar surface area (TPSA) is 112 Å². The van der Waals surface area contributed by atoms with Crippen molar-refractivity contribution in [1.29, 1.82) is 0 Å². The van der Waals surface area contributed by atoms with Gasteiger partial charge in [-0.05, 0) is 18.2 Å². The van der Waals surface area contributed by atoms with Crippen LogP contribution in [0.15, 0.2) is 71.9 Å². The van der Waals surface area contributed by atoms with Crippen LogP contribution in [0.1, 0.15) is 0 Å². The number of hydrogen-bond donors (Lipinski definition) is 1. The molecule has 0 unspecified atom stereocenters. The van der Waals surface area contributed by atoms with Gasteiger partial charge in [0, 0.05) is 17.7 Å². The average molecular weight is 497 g/mol. The summed E-state index contributed by atoms with van der Waals surface area (Å²) in [6, 6.07) is 15.9. The first kappa shape index (κ1) is 23.8. The van der Waals surface area contributed by atoms with E-state index in [0.29, 0.717) is 11.4 Å². The maximum absolute atomic E-state index is 14.7. The molecule has 0 atom stereocenters. The molecule has 1 heterocycles. The summed E-state index contributed by atoms with van der Waals surface area (Å²) in [4.78, 5) is 23.0. The Hall–Kier alpha value is -4.32. The Morgan fingerprint density at radius 3 is 2.57 bits per heavy atom. The summed E-state index contributed by atoms with van der Waals surface area (Å²) in [5.41, 5.74) is 0.739. The van der Waals surface area contributed by atoms with Gasteiger partial charge < -0.3 is 10.1 Å². The molecule has 1 aromatic heterocycles. The van der Waals surface area contributed by atoms with E-state index < -0.39 is 22.5 Å². The van der Waals surface area contributed by atoms with Gasteiger partial charge in [-0.25, -0.2) is 8.78 Å². The number of benzene rings is 3. The minimum Gasteiger partial charge on any atom is -0.494 e. The van der Waals surface area contributed by atoms with Gasteiger partial charge in [-0.1, -0.05) is 42.1 Å². The largest absolute Gasteiger partial charge is 0.494 e. The summed E-state index contributed by atoms with van der Waals surface area (Å²) >= 11 is 0.987. The number of nitrogens with zero attached hydrogens (tertiary/aromatic N) is 4. The van der Waals surface area contributed by atoms with Crippen LogP contribution in [-0.2, 0) is 4.79 Å². The molecule has 35 heavy (non-hydrogen) atoms. The second-order valence-electron chi connectivity index (χ2n) is 7.08. The molecule has 0 radical (unpaired) electrons. The van der Waals surface area contributed by atoms with Crippen LogP contribution >= 0.6 is 11.8 Å². The second-order valence-corrected chi connectivity index (χ2v) is 8.02. The third kappa shape index (κ3) is 5.27. The minimum absolute atomic E-state index is 0.0233. The highest BCUT2D eigenvalue weighted by Gasteiger charge is 2.20. The summed E-state index contributed by atoms with van der Waals surface area (Å²) in [6.45, 7) is 0. The lowest BCUT2D eigenvalue weighted by atomic mass is 10.2. The normalized spacial score (nSPS) is 10.7. The van der Waals surface area contributed by atoms with Crippen molar-refractivity contribution in [2.75, 3.05) is 18.2 Å². The molecule has 0 saturated heterocycles. The van der Waals surface area contributed by atoms with Crippen LogP contribution < -0.4 is 10.1 Å². The van der Waals surface area contributed by atoms with Crippen LogP contribution in [-0.4, -0.2) is 38.5 Å². The number of methoxy groups -OCH3 is 1. The van der Waals surface area contributed by atoms with E-state index in [2.05, 4.69) is 15.5 Å². The van der Waals surface area contributed by atoms with Crippen LogP contribution in [0.4, 0.5) is 20.2 Å². The fourth-order valence-corrected chi connectivity index (χ4v) is 3.98. The minimum atomic E-state index is -0.816. The first-order chi connectivity index (χ1) is 16.9. The molecule has 0 aliphatic rings. The number of nitro groups is 1. The molecule has 0 aliphatic heterocycles. The lowest BCUT2D eigenvalue weighted by Crippen LogP contribution is -2.15. The van der Waals surface area contributed by atoms with Crippen LogP contribution in [0.25, 0.3) is 17.1 Å². The van der Waals surface area contributed by atoms with E-state index in [1.54, 1.807) is 24.3 Å². The Kier molecular flexibility index (Phi) is 7.01. The molecule has 0 spiro atoms. The summed E-state index contributed by atoms with van der Waals surface area (Å²) in [5, 5.41) is 22.1. The molecule has 0 aliphatic carbocycles. The van der Waals surface area contributed by atoms with E-state index in [4.69, 9.17) is 4.74 Å². The van der Waals surface area contributed by atoms with Crippen molar-refractivity contribution in [2.45, 2.75) is 5.16 Å². The van der Waals surface area contributed by atoms with Gasteiger partial charge in [0.1, 0.15) is 17.4 Å². The number of ether oxygens (including phenoxy) is 1. The zero-order valence-corrected chi connectivity index (χ0v) is 19.0. The molecular weight excluding hydrogens is 480 g/mol. The molecule has 12 heteroatoms. The Bertz CT molecular complexity index is 1400. The fraction of sp³-hybridized carbons (Fsp3) is 0.0870. The van der Waals surface area contributed by atoms with E-state index in [9.17, 15) is 23.7 Å². The van der Waals surface area contributed by atoms with Gasteiger partial charge >= 0.3 is 0 Å². The number of nitro benzene ring substituents is 1.